The molecule has 1 fully saturated rings. The maximum atomic E-state index is 13.0. The molecule has 6 nitrogen and oxygen atoms in total. The highest BCUT2D eigenvalue weighted by Crippen LogP contribution is 2.43. The summed E-state index contributed by atoms with van der Waals surface area (Å²) < 4.78 is 40.4. The minimum absolute atomic E-state index is 0.0327. The number of amides is 1. The topological polar surface area (TPSA) is 84.2 Å². The zero-order valence-corrected chi connectivity index (χ0v) is 15.4. The van der Waals surface area contributed by atoms with Gasteiger partial charge in [0.15, 0.2) is 0 Å². The van der Waals surface area contributed by atoms with Gasteiger partial charge in [-0.15, -0.1) is 0 Å². The average Bonchev–Trinajstić information content (AvgIpc) is 3.37. The molecule has 0 radical (unpaired) electrons. The lowest BCUT2D eigenvalue weighted by molar-refractivity contribution is -0.146. The van der Waals surface area contributed by atoms with Crippen LogP contribution in [0.2, 0.25) is 0 Å². The van der Waals surface area contributed by atoms with Crippen molar-refractivity contribution in [1.29, 1.82) is 0 Å². The van der Waals surface area contributed by atoms with Crippen LogP contribution in [-0.2, 0) is 11.0 Å². The van der Waals surface area contributed by atoms with Crippen LogP contribution in [0.4, 0.5) is 13.2 Å². The zero-order valence-electron chi connectivity index (χ0n) is 15.4. The Bertz CT molecular complexity index is 915. The number of carbonyl (C=O) groups excluding carboxylic acids is 1. The molecule has 0 atom stereocenters. The SMILES string of the molecule is CC(C)(CNC(=O)c1cnn(-c2cccc(C(F)(F)F)c2)c1C1CC1)C(=O)O. The summed E-state index contributed by atoms with van der Waals surface area (Å²) >= 11 is 0. The number of carboxylic acids is 1. The summed E-state index contributed by atoms with van der Waals surface area (Å²) in [5, 5.41) is 15.9. The van der Waals surface area contributed by atoms with Crippen molar-refractivity contribution in [2.45, 2.75) is 38.8 Å². The number of aromatic nitrogens is 2. The Morgan fingerprint density at radius 2 is 1.96 bits per heavy atom. The fourth-order valence-electron chi connectivity index (χ4n) is 2.77. The molecule has 2 aromatic rings. The second-order valence-electron chi connectivity index (χ2n) is 7.55. The molecule has 1 amide bonds. The Morgan fingerprint density at radius 1 is 1.29 bits per heavy atom. The monoisotopic (exact) mass is 395 g/mol. The van der Waals surface area contributed by atoms with Gasteiger partial charge in [-0.2, -0.15) is 18.3 Å². The van der Waals surface area contributed by atoms with E-state index in [1.54, 1.807) is 0 Å². The standard InChI is InChI=1S/C19H20F3N3O3/c1-18(2,17(27)28)10-23-16(26)14-9-24-25(15(14)11-6-7-11)13-5-3-4-12(8-13)19(20,21)22/h3-5,8-9,11H,6-7,10H2,1-2H3,(H,23,26)(H,27,28). The highest BCUT2D eigenvalue weighted by Gasteiger charge is 2.35. The first kappa shape index (κ1) is 19.9. The largest absolute Gasteiger partial charge is 0.481 e. The molecule has 1 aromatic heterocycles. The van der Waals surface area contributed by atoms with Gasteiger partial charge in [-0.05, 0) is 44.9 Å². The average molecular weight is 395 g/mol. The Labute approximate surface area is 159 Å². The summed E-state index contributed by atoms with van der Waals surface area (Å²) in [7, 11) is 0. The molecule has 1 aliphatic carbocycles. The highest BCUT2D eigenvalue weighted by molar-refractivity contribution is 5.96. The number of carbonyl (C=O) groups is 2. The second kappa shape index (κ2) is 6.96. The molecule has 2 N–H and O–H groups in total. The van der Waals surface area contributed by atoms with Gasteiger partial charge in [0.1, 0.15) is 0 Å². The summed E-state index contributed by atoms with van der Waals surface area (Å²) in [6.45, 7) is 2.90. The zero-order chi connectivity index (χ0) is 20.7. The number of hydrogen-bond donors (Lipinski definition) is 2. The number of halogens is 3. The Morgan fingerprint density at radius 3 is 2.54 bits per heavy atom. The Kier molecular flexibility index (Phi) is 4.95. The van der Waals surface area contributed by atoms with Crippen molar-refractivity contribution in [2.75, 3.05) is 6.54 Å². The summed E-state index contributed by atoms with van der Waals surface area (Å²) in [6, 6.07) is 4.77. The van der Waals surface area contributed by atoms with Gasteiger partial charge in [0, 0.05) is 12.5 Å². The third kappa shape index (κ3) is 4.02. The first-order valence-electron chi connectivity index (χ1n) is 8.78. The molecular formula is C19H20F3N3O3. The smallest absolute Gasteiger partial charge is 0.416 e. The van der Waals surface area contributed by atoms with Gasteiger partial charge in [-0.3, -0.25) is 9.59 Å². The molecule has 0 aliphatic heterocycles. The first-order valence-corrected chi connectivity index (χ1v) is 8.78. The molecule has 0 unspecified atom stereocenters. The van der Waals surface area contributed by atoms with Crippen LogP contribution in [0.1, 0.15) is 54.2 Å². The Hall–Kier alpha value is -2.84. The molecule has 1 aromatic carbocycles. The van der Waals surface area contributed by atoms with Gasteiger partial charge in [-0.25, -0.2) is 4.68 Å². The maximum absolute atomic E-state index is 13.0. The van der Waals surface area contributed by atoms with Gasteiger partial charge in [0.25, 0.3) is 5.91 Å². The number of nitrogens with zero attached hydrogens (tertiary/aromatic N) is 2. The number of rotatable bonds is 6. The van der Waals surface area contributed by atoms with E-state index in [2.05, 4.69) is 10.4 Å². The number of aliphatic carboxylic acids is 1. The molecule has 0 saturated heterocycles. The van der Waals surface area contributed by atoms with Crippen molar-refractivity contribution in [3.63, 3.8) is 0 Å². The lowest BCUT2D eigenvalue weighted by Gasteiger charge is -2.19. The van der Waals surface area contributed by atoms with Crippen LogP contribution in [0.5, 0.6) is 0 Å². The summed E-state index contributed by atoms with van der Waals surface area (Å²) in [5.74, 6) is -1.50. The Balaban J connectivity index is 1.91. The molecule has 0 bridgehead atoms. The molecule has 28 heavy (non-hydrogen) atoms. The lowest BCUT2D eigenvalue weighted by atomic mass is 9.94. The van der Waals surface area contributed by atoms with E-state index in [4.69, 9.17) is 5.11 Å². The molecule has 1 heterocycles. The minimum Gasteiger partial charge on any atom is -0.481 e. The van der Waals surface area contributed by atoms with Crippen molar-refractivity contribution in [3.8, 4) is 5.69 Å². The third-order valence-electron chi connectivity index (χ3n) is 4.70. The van der Waals surface area contributed by atoms with Crippen LogP contribution in [0.15, 0.2) is 30.5 Å². The fraction of sp³-hybridized carbons (Fsp3) is 0.421. The van der Waals surface area contributed by atoms with Crippen LogP contribution in [0.3, 0.4) is 0 Å². The van der Waals surface area contributed by atoms with E-state index in [1.165, 1.54) is 36.9 Å². The van der Waals surface area contributed by atoms with Crippen LogP contribution < -0.4 is 5.32 Å². The molecular weight excluding hydrogens is 375 g/mol. The number of benzene rings is 1. The molecule has 0 spiro atoms. The number of hydrogen-bond acceptors (Lipinski definition) is 3. The van der Waals surface area contributed by atoms with Crippen molar-refractivity contribution >= 4 is 11.9 Å². The van der Waals surface area contributed by atoms with Crippen molar-refractivity contribution in [1.82, 2.24) is 15.1 Å². The van der Waals surface area contributed by atoms with Gasteiger partial charge < -0.3 is 10.4 Å². The normalized spacial score (nSPS) is 14.8. The first-order chi connectivity index (χ1) is 13.0. The molecule has 1 aliphatic rings. The van der Waals surface area contributed by atoms with E-state index >= 15 is 0 Å². The van der Waals surface area contributed by atoms with Crippen molar-refractivity contribution in [2.24, 2.45) is 5.41 Å². The number of nitrogens with one attached hydrogen (secondary N) is 1. The third-order valence-corrected chi connectivity index (χ3v) is 4.70. The van der Waals surface area contributed by atoms with E-state index in [0.29, 0.717) is 5.69 Å². The number of alkyl halides is 3. The summed E-state index contributed by atoms with van der Waals surface area (Å²) in [4.78, 5) is 23.8. The highest BCUT2D eigenvalue weighted by atomic mass is 19.4. The second-order valence-corrected chi connectivity index (χ2v) is 7.55. The molecule has 9 heteroatoms. The predicted molar refractivity (Wildman–Crippen MR) is 94.3 cm³/mol. The summed E-state index contributed by atoms with van der Waals surface area (Å²) in [6.07, 6.45) is -1.54. The quantitative estimate of drug-likeness (QED) is 0.783. The van der Waals surface area contributed by atoms with Gasteiger partial charge in [0.05, 0.1) is 34.1 Å². The van der Waals surface area contributed by atoms with Crippen LogP contribution in [0, 0.1) is 5.41 Å². The van der Waals surface area contributed by atoms with E-state index in [0.717, 1.165) is 25.0 Å². The van der Waals surface area contributed by atoms with Crippen molar-refractivity contribution < 1.29 is 27.9 Å². The van der Waals surface area contributed by atoms with Gasteiger partial charge in [-0.1, -0.05) is 6.07 Å². The fourth-order valence-corrected chi connectivity index (χ4v) is 2.77. The summed E-state index contributed by atoms with van der Waals surface area (Å²) in [5.41, 5.74) is -0.920. The molecule has 3 rings (SSSR count). The van der Waals surface area contributed by atoms with E-state index in [9.17, 15) is 22.8 Å². The van der Waals surface area contributed by atoms with Crippen LogP contribution in [0.25, 0.3) is 5.69 Å². The minimum atomic E-state index is -4.48. The van der Waals surface area contributed by atoms with Gasteiger partial charge >= 0.3 is 12.1 Å². The molecule has 150 valence electrons. The lowest BCUT2D eigenvalue weighted by Crippen LogP contribution is -2.39. The van der Waals surface area contributed by atoms with Crippen LogP contribution >= 0.6 is 0 Å². The van der Waals surface area contributed by atoms with Crippen molar-refractivity contribution in [3.05, 3.63) is 47.3 Å². The van der Waals surface area contributed by atoms with Crippen LogP contribution in [-0.4, -0.2) is 33.3 Å². The van der Waals surface area contributed by atoms with E-state index in [-0.39, 0.29) is 23.7 Å². The maximum Gasteiger partial charge on any atom is 0.416 e. The number of carboxylic acid groups (broad SMARTS) is 1. The van der Waals surface area contributed by atoms with E-state index < -0.39 is 29.0 Å². The molecule has 1 saturated carbocycles. The predicted octanol–water partition coefficient (Wildman–Crippen LogP) is 3.61. The van der Waals surface area contributed by atoms with Gasteiger partial charge in [0.2, 0.25) is 0 Å². The van der Waals surface area contributed by atoms with E-state index in [1.807, 2.05) is 0 Å².